The molecule has 0 bridgehead atoms. The van der Waals surface area contributed by atoms with Gasteiger partial charge in [-0.1, -0.05) is 20.8 Å². The lowest BCUT2D eigenvalue weighted by molar-refractivity contribution is 0.127. The predicted octanol–water partition coefficient (Wildman–Crippen LogP) is 3.33. The number of hydrogen-bond acceptors (Lipinski definition) is 9. The summed E-state index contributed by atoms with van der Waals surface area (Å²) in [6.07, 6.45) is 5.61. The topological polar surface area (TPSA) is 123 Å². The highest BCUT2D eigenvalue weighted by atomic mass is 16.5. The molecule has 0 saturated carbocycles. The van der Waals surface area contributed by atoms with Crippen LogP contribution in [-0.2, 0) is 11.3 Å². The molecule has 10 nitrogen and oxygen atoms in total. The SMILES string of the molecule is CCCNCC.CCCOCCn1c(=O)c(NC)nc2ncc(-c3ccc(OC)nc3)cc21.CCO. The van der Waals surface area contributed by atoms with Crippen molar-refractivity contribution in [2.24, 2.45) is 0 Å². The van der Waals surface area contributed by atoms with Crippen molar-refractivity contribution in [3.05, 3.63) is 40.9 Å². The summed E-state index contributed by atoms with van der Waals surface area (Å²) in [6.45, 7) is 12.1. The molecule has 10 heteroatoms. The average Bonchev–Trinajstić information content (AvgIpc) is 2.91. The van der Waals surface area contributed by atoms with E-state index < -0.39 is 0 Å². The van der Waals surface area contributed by atoms with Crippen LogP contribution in [0.1, 0.15) is 40.5 Å². The predicted molar refractivity (Wildman–Crippen MR) is 146 cm³/mol. The van der Waals surface area contributed by atoms with Gasteiger partial charge in [-0.15, -0.1) is 0 Å². The number of anilines is 1. The van der Waals surface area contributed by atoms with Gasteiger partial charge in [0.25, 0.3) is 5.56 Å². The Kier molecular flexibility index (Phi) is 15.7. The van der Waals surface area contributed by atoms with Crippen molar-refractivity contribution in [1.82, 2.24) is 24.8 Å². The van der Waals surface area contributed by atoms with E-state index >= 15 is 0 Å². The van der Waals surface area contributed by atoms with E-state index in [4.69, 9.17) is 14.6 Å². The van der Waals surface area contributed by atoms with E-state index in [2.05, 4.69) is 39.4 Å². The number of nitrogens with one attached hydrogen (secondary N) is 2. The average molecular weight is 503 g/mol. The molecule has 0 fully saturated rings. The third-order valence-electron chi connectivity index (χ3n) is 4.80. The largest absolute Gasteiger partial charge is 0.481 e. The molecule has 3 rings (SSSR count). The van der Waals surface area contributed by atoms with Crippen molar-refractivity contribution in [3.8, 4) is 17.0 Å². The summed E-state index contributed by atoms with van der Waals surface area (Å²) in [5.41, 5.74) is 2.69. The zero-order valence-electron chi connectivity index (χ0n) is 22.5. The van der Waals surface area contributed by atoms with Crippen LogP contribution in [0.4, 0.5) is 5.82 Å². The molecule has 0 atom stereocenters. The molecule has 3 aromatic rings. The van der Waals surface area contributed by atoms with Crippen LogP contribution < -0.4 is 20.9 Å². The maximum Gasteiger partial charge on any atom is 0.293 e. The number of hydrogen-bond donors (Lipinski definition) is 3. The summed E-state index contributed by atoms with van der Waals surface area (Å²) in [6, 6.07) is 5.59. The molecule has 3 aromatic heterocycles. The maximum absolute atomic E-state index is 12.7. The Balaban J connectivity index is 0.000000621. The van der Waals surface area contributed by atoms with Crippen LogP contribution in [0.5, 0.6) is 5.88 Å². The molecule has 200 valence electrons. The van der Waals surface area contributed by atoms with Gasteiger partial charge in [-0.3, -0.25) is 9.36 Å². The maximum atomic E-state index is 12.7. The molecule has 0 amide bonds. The van der Waals surface area contributed by atoms with Gasteiger partial charge in [0.2, 0.25) is 5.88 Å². The third kappa shape index (κ3) is 9.88. The van der Waals surface area contributed by atoms with Crippen molar-refractivity contribution >= 4 is 17.0 Å². The Morgan fingerprint density at radius 1 is 1.03 bits per heavy atom. The quantitative estimate of drug-likeness (QED) is 0.339. The lowest BCUT2D eigenvalue weighted by Gasteiger charge is -2.13. The Labute approximate surface area is 214 Å². The third-order valence-corrected chi connectivity index (χ3v) is 4.80. The first-order valence-corrected chi connectivity index (χ1v) is 12.5. The number of ether oxygens (including phenoxy) is 2. The monoisotopic (exact) mass is 502 g/mol. The Morgan fingerprint density at radius 3 is 2.28 bits per heavy atom. The highest BCUT2D eigenvalue weighted by molar-refractivity contribution is 5.78. The minimum Gasteiger partial charge on any atom is -0.481 e. The fourth-order valence-corrected chi connectivity index (χ4v) is 3.09. The van der Waals surface area contributed by atoms with Gasteiger partial charge in [-0.25, -0.2) is 15.0 Å². The van der Waals surface area contributed by atoms with Crippen LogP contribution in [0.15, 0.2) is 35.4 Å². The van der Waals surface area contributed by atoms with E-state index in [0.29, 0.717) is 36.8 Å². The van der Waals surface area contributed by atoms with E-state index in [-0.39, 0.29) is 18.0 Å². The highest BCUT2D eigenvalue weighted by Crippen LogP contribution is 2.23. The molecule has 0 spiro atoms. The summed E-state index contributed by atoms with van der Waals surface area (Å²) < 4.78 is 12.3. The van der Waals surface area contributed by atoms with Gasteiger partial charge in [-0.05, 0) is 45.0 Å². The molecule has 0 saturated heterocycles. The second kappa shape index (κ2) is 18.2. The second-order valence-electron chi connectivity index (χ2n) is 7.61. The number of methoxy groups -OCH3 is 1. The van der Waals surface area contributed by atoms with Crippen molar-refractivity contribution in [3.63, 3.8) is 0 Å². The lowest BCUT2D eigenvalue weighted by Crippen LogP contribution is -2.26. The van der Waals surface area contributed by atoms with Crippen LogP contribution >= 0.6 is 0 Å². The van der Waals surface area contributed by atoms with Crippen molar-refractivity contribution in [2.45, 2.75) is 47.1 Å². The fourth-order valence-electron chi connectivity index (χ4n) is 3.09. The molecule has 0 radical (unpaired) electrons. The summed E-state index contributed by atoms with van der Waals surface area (Å²) in [7, 11) is 3.24. The standard InChI is InChI=1S/C19H23N5O3.C5H13N.C2H6O/c1-4-8-27-9-7-24-15-10-14(13-5-6-16(26-3)21-11-13)12-22-17(15)23-18(20-2)19(24)25;1-3-5-6-4-2;1-2-3/h5-6,10-12H,4,7-9H2,1-3H3,(H,20,22,23);6H,3-5H2,1-2H3;3H,2H2,1H3. The number of aliphatic hydroxyl groups excluding tert-OH is 1. The summed E-state index contributed by atoms with van der Waals surface area (Å²) in [5, 5.41) is 13.6. The van der Waals surface area contributed by atoms with Crippen molar-refractivity contribution < 1.29 is 14.6 Å². The van der Waals surface area contributed by atoms with Crippen LogP contribution in [0.2, 0.25) is 0 Å². The van der Waals surface area contributed by atoms with E-state index in [1.54, 1.807) is 44.1 Å². The number of rotatable bonds is 11. The van der Waals surface area contributed by atoms with Gasteiger partial charge in [0, 0.05) is 56.4 Å². The summed E-state index contributed by atoms with van der Waals surface area (Å²) >= 11 is 0. The lowest BCUT2D eigenvalue weighted by atomic mass is 10.1. The zero-order valence-corrected chi connectivity index (χ0v) is 22.5. The number of aromatic nitrogens is 4. The van der Waals surface area contributed by atoms with Crippen LogP contribution in [0, 0.1) is 0 Å². The van der Waals surface area contributed by atoms with Gasteiger partial charge in [0.15, 0.2) is 11.5 Å². The number of fused-ring (bicyclic) bond motifs is 1. The molecule has 0 unspecified atom stereocenters. The number of nitrogens with zero attached hydrogens (tertiary/aromatic N) is 4. The van der Waals surface area contributed by atoms with Crippen LogP contribution in [-0.4, -0.2) is 71.7 Å². The first-order valence-electron chi connectivity index (χ1n) is 12.5. The van der Waals surface area contributed by atoms with Crippen LogP contribution in [0.25, 0.3) is 22.3 Å². The van der Waals surface area contributed by atoms with E-state index in [0.717, 1.165) is 30.6 Å². The van der Waals surface area contributed by atoms with Gasteiger partial charge in [0.05, 0.1) is 19.2 Å². The number of aliphatic hydroxyl groups is 1. The summed E-state index contributed by atoms with van der Waals surface area (Å²) in [4.78, 5) is 25.7. The Bertz CT molecular complexity index is 1050. The van der Waals surface area contributed by atoms with E-state index in [9.17, 15) is 4.79 Å². The molecule has 36 heavy (non-hydrogen) atoms. The zero-order chi connectivity index (χ0) is 26.8. The van der Waals surface area contributed by atoms with Crippen molar-refractivity contribution in [1.29, 1.82) is 0 Å². The molecular formula is C26H42N6O4. The van der Waals surface area contributed by atoms with Crippen molar-refractivity contribution in [2.75, 3.05) is 52.4 Å². The minimum absolute atomic E-state index is 0.197. The van der Waals surface area contributed by atoms with E-state index in [1.165, 1.54) is 6.42 Å². The minimum atomic E-state index is -0.197. The first kappa shape index (κ1) is 31.0. The highest BCUT2D eigenvalue weighted by Gasteiger charge is 2.12. The normalized spacial score (nSPS) is 10.2. The molecule has 0 aliphatic rings. The molecule has 0 aliphatic heterocycles. The Hall–Kier alpha value is -3.08. The Morgan fingerprint density at radius 2 is 1.75 bits per heavy atom. The van der Waals surface area contributed by atoms with Gasteiger partial charge >= 0.3 is 0 Å². The fraction of sp³-hybridized carbons (Fsp3) is 0.538. The van der Waals surface area contributed by atoms with Gasteiger partial charge in [-0.2, -0.15) is 0 Å². The smallest absolute Gasteiger partial charge is 0.293 e. The second-order valence-corrected chi connectivity index (χ2v) is 7.61. The summed E-state index contributed by atoms with van der Waals surface area (Å²) in [5.74, 6) is 0.808. The molecular weight excluding hydrogens is 460 g/mol. The van der Waals surface area contributed by atoms with Gasteiger partial charge < -0.3 is 25.2 Å². The van der Waals surface area contributed by atoms with Gasteiger partial charge in [0.1, 0.15) is 0 Å². The molecule has 0 aromatic carbocycles. The molecule has 0 aliphatic carbocycles. The molecule has 3 N–H and O–H groups in total. The van der Waals surface area contributed by atoms with Crippen LogP contribution in [0.3, 0.4) is 0 Å². The first-order chi connectivity index (χ1) is 17.5. The molecule has 3 heterocycles. The number of pyridine rings is 2. The van der Waals surface area contributed by atoms with E-state index in [1.807, 2.05) is 19.1 Å².